The van der Waals surface area contributed by atoms with Crippen LogP contribution in [0.3, 0.4) is 0 Å². The topological polar surface area (TPSA) is 142 Å². The zero-order chi connectivity index (χ0) is 27.6. The molecule has 11 nitrogen and oxygen atoms in total. The maximum absolute atomic E-state index is 13.7. The van der Waals surface area contributed by atoms with Crippen LogP contribution in [0.5, 0.6) is 17.2 Å². The van der Waals surface area contributed by atoms with Gasteiger partial charge in [-0.1, -0.05) is 23.5 Å². The van der Waals surface area contributed by atoms with Crippen LogP contribution < -0.4 is 24.4 Å². The van der Waals surface area contributed by atoms with E-state index in [1.54, 1.807) is 45.0 Å². The van der Waals surface area contributed by atoms with Crippen LogP contribution in [0.2, 0.25) is 0 Å². The van der Waals surface area contributed by atoms with Crippen molar-refractivity contribution in [3.8, 4) is 17.2 Å². The van der Waals surface area contributed by atoms with Crippen molar-refractivity contribution in [1.29, 1.82) is 0 Å². The summed E-state index contributed by atoms with van der Waals surface area (Å²) in [4.78, 5) is 42.4. The van der Waals surface area contributed by atoms with Gasteiger partial charge in [0, 0.05) is 11.6 Å². The van der Waals surface area contributed by atoms with Crippen molar-refractivity contribution in [1.82, 2.24) is 4.57 Å². The van der Waals surface area contributed by atoms with E-state index in [0.717, 1.165) is 23.5 Å². The van der Waals surface area contributed by atoms with Crippen LogP contribution in [-0.2, 0) is 9.53 Å². The second-order valence-electron chi connectivity index (χ2n) is 8.15. The molecule has 0 fully saturated rings. The van der Waals surface area contributed by atoms with E-state index in [9.17, 15) is 24.8 Å². The molecule has 4 rings (SSSR count). The van der Waals surface area contributed by atoms with Crippen LogP contribution in [0.15, 0.2) is 57.5 Å². The standard InChI is InChI=1S/C26H25N3O8S/c1-5-36-19-13-17(29(33)34)11-16(23(19)30)12-20-24(31)28-22(15-7-9-18(35-4)10-8-15)21(25(32)37-6-2)14(3)27-26(28)38-20/h7-13,22,30H,5-6H2,1-4H3/t22-/m1/s1. The van der Waals surface area contributed by atoms with Crippen molar-refractivity contribution < 1.29 is 29.0 Å². The van der Waals surface area contributed by atoms with E-state index in [1.807, 2.05) is 0 Å². The number of carbonyl (C=O) groups is 1. The van der Waals surface area contributed by atoms with Crippen molar-refractivity contribution in [3.05, 3.63) is 88.6 Å². The van der Waals surface area contributed by atoms with Crippen LogP contribution in [0, 0.1) is 10.1 Å². The Labute approximate surface area is 220 Å². The summed E-state index contributed by atoms with van der Waals surface area (Å²) in [5.41, 5.74) is 0.485. The van der Waals surface area contributed by atoms with Gasteiger partial charge in [0.15, 0.2) is 16.3 Å². The van der Waals surface area contributed by atoms with Crippen molar-refractivity contribution in [3.63, 3.8) is 0 Å². The third-order valence-corrected chi connectivity index (χ3v) is 6.82. The number of aromatic nitrogens is 1. The number of phenols is 1. The molecule has 198 valence electrons. The summed E-state index contributed by atoms with van der Waals surface area (Å²) in [6, 6.07) is 8.39. The number of carbonyl (C=O) groups excluding carboxylic acids is 1. The molecular weight excluding hydrogens is 514 g/mol. The molecular formula is C26H25N3O8S. The lowest BCUT2D eigenvalue weighted by atomic mass is 9.96. The van der Waals surface area contributed by atoms with Gasteiger partial charge in [-0.2, -0.15) is 0 Å². The Balaban J connectivity index is 1.96. The number of thiazole rings is 1. The molecule has 1 atom stereocenters. The van der Waals surface area contributed by atoms with Crippen LogP contribution in [-0.4, -0.2) is 40.9 Å². The molecule has 0 bridgehead atoms. The largest absolute Gasteiger partial charge is 0.504 e. The normalized spacial score (nSPS) is 15.1. The summed E-state index contributed by atoms with van der Waals surface area (Å²) < 4.78 is 17.4. The molecule has 1 N–H and O–H groups in total. The Morgan fingerprint density at radius 3 is 2.55 bits per heavy atom. The molecule has 38 heavy (non-hydrogen) atoms. The summed E-state index contributed by atoms with van der Waals surface area (Å²) in [7, 11) is 1.53. The van der Waals surface area contributed by atoms with Crippen LogP contribution in [0.25, 0.3) is 6.08 Å². The van der Waals surface area contributed by atoms with E-state index in [4.69, 9.17) is 14.2 Å². The molecule has 12 heteroatoms. The van der Waals surface area contributed by atoms with Crippen molar-refractivity contribution in [2.24, 2.45) is 4.99 Å². The van der Waals surface area contributed by atoms with Gasteiger partial charge in [0.25, 0.3) is 11.2 Å². The molecule has 1 aliphatic heterocycles. The Hall–Kier alpha value is -4.45. The molecule has 0 spiro atoms. The summed E-state index contributed by atoms with van der Waals surface area (Å²) in [6.07, 6.45) is 1.35. The van der Waals surface area contributed by atoms with Crippen molar-refractivity contribution in [2.75, 3.05) is 20.3 Å². The van der Waals surface area contributed by atoms with Gasteiger partial charge < -0.3 is 19.3 Å². The minimum absolute atomic E-state index is 0.0373. The molecule has 0 saturated carbocycles. The first kappa shape index (κ1) is 26.6. The van der Waals surface area contributed by atoms with Gasteiger partial charge in [0.05, 0.1) is 53.2 Å². The molecule has 0 amide bonds. The Morgan fingerprint density at radius 2 is 1.95 bits per heavy atom. The number of hydrogen-bond acceptors (Lipinski definition) is 10. The van der Waals surface area contributed by atoms with Crippen LogP contribution in [0.1, 0.15) is 37.9 Å². The average Bonchev–Trinajstić information content (AvgIpc) is 3.19. The lowest BCUT2D eigenvalue weighted by molar-refractivity contribution is -0.385. The van der Waals surface area contributed by atoms with Crippen molar-refractivity contribution in [2.45, 2.75) is 26.8 Å². The smallest absolute Gasteiger partial charge is 0.338 e. The van der Waals surface area contributed by atoms with Gasteiger partial charge in [-0.05, 0) is 44.5 Å². The number of esters is 1. The predicted molar refractivity (Wildman–Crippen MR) is 139 cm³/mol. The summed E-state index contributed by atoms with van der Waals surface area (Å²) >= 11 is 1.03. The number of phenolic OH excluding ortho intramolecular Hbond substituents is 1. The van der Waals surface area contributed by atoms with E-state index < -0.39 is 22.5 Å². The van der Waals surface area contributed by atoms with E-state index in [0.29, 0.717) is 21.8 Å². The summed E-state index contributed by atoms with van der Waals surface area (Å²) in [5, 5.41) is 22.1. The van der Waals surface area contributed by atoms with Gasteiger partial charge in [0.1, 0.15) is 5.75 Å². The van der Waals surface area contributed by atoms with Crippen LogP contribution in [0.4, 0.5) is 5.69 Å². The molecule has 0 aliphatic carbocycles. The fourth-order valence-corrected chi connectivity index (χ4v) is 5.17. The second-order valence-corrected chi connectivity index (χ2v) is 9.16. The molecule has 0 radical (unpaired) electrons. The Morgan fingerprint density at radius 1 is 1.24 bits per heavy atom. The number of fused-ring (bicyclic) bond motifs is 1. The zero-order valence-corrected chi connectivity index (χ0v) is 21.9. The van der Waals surface area contributed by atoms with Gasteiger partial charge in [-0.25, -0.2) is 9.79 Å². The number of non-ortho nitro benzene ring substituents is 1. The highest BCUT2D eigenvalue weighted by molar-refractivity contribution is 7.07. The third-order valence-electron chi connectivity index (χ3n) is 5.84. The lowest BCUT2D eigenvalue weighted by Crippen LogP contribution is -2.39. The van der Waals surface area contributed by atoms with E-state index >= 15 is 0 Å². The number of allylic oxidation sites excluding steroid dienone is 1. The van der Waals surface area contributed by atoms with E-state index in [1.165, 1.54) is 17.8 Å². The number of rotatable bonds is 8. The molecule has 3 aromatic rings. The van der Waals surface area contributed by atoms with E-state index in [2.05, 4.69) is 4.99 Å². The fourth-order valence-electron chi connectivity index (χ4n) is 4.13. The second kappa shape index (κ2) is 10.9. The quantitative estimate of drug-likeness (QED) is 0.262. The number of ether oxygens (including phenoxy) is 3. The Bertz CT molecular complexity index is 1620. The first-order valence-electron chi connectivity index (χ1n) is 11.7. The molecule has 0 unspecified atom stereocenters. The minimum atomic E-state index is -0.837. The summed E-state index contributed by atoms with van der Waals surface area (Å²) in [6.45, 7) is 5.35. The minimum Gasteiger partial charge on any atom is -0.504 e. The molecule has 2 heterocycles. The Kier molecular flexibility index (Phi) is 7.62. The number of nitrogens with zero attached hydrogens (tertiary/aromatic N) is 3. The zero-order valence-electron chi connectivity index (χ0n) is 21.1. The first-order chi connectivity index (χ1) is 18.2. The maximum Gasteiger partial charge on any atom is 0.338 e. The monoisotopic (exact) mass is 539 g/mol. The van der Waals surface area contributed by atoms with E-state index in [-0.39, 0.29) is 46.1 Å². The lowest BCUT2D eigenvalue weighted by Gasteiger charge is -2.24. The number of methoxy groups -OCH3 is 1. The van der Waals surface area contributed by atoms with Gasteiger partial charge in [-0.3, -0.25) is 19.5 Å². The van der Waals surface area contributed by atoms with Gasteiger partial charge in [-0.15, -0.1) is 0 Å². The molecule has 2 aromatic carbocycles. The van der Waals surface area contributed by atoms with Crippen LogP contribution >= 0.6 is 11.3 Å². The maximum atomic E-state index is 13.7. The number of aromatic hydroxyl groups is 1. The first-order valence-corrected chi connectivity index (χ1v) is 12.5. The highest BCUT2D eigenvalue weighted by atomic mass is 32.1. The SMILES string of the molecule is CCOC(=O)C1=C(C)N=c2sc(=Cc3cc([N+](=O)[O-])cc(OCC)c3O)c(=O)n2[C@@H]1c1ccc(OC)cc1. The number of hydrogen-bond donors (Lipinski definition) is 1. The van der Waals surface area contributed by atoms with Gasteiger partial charge >= 0.3 is 5.97 Å². The molecule has 0 saturated heterocycles. The molecule has 1 aromatic heterocycles. The van der Waals surface area contributed by atoms with Gasteiger partial charge in [0.2, 0.25) is 0 Å². The molecule has 1 aliphatic rings. The number of nitro groups is 1. The number of nitro benzene ring substituents is 1. The van der Waals surface area contributed by atoms with Crippen molar-refractivity contribution >= 4 is 29.1 Å². The highest BCUT2D eigenvalue weighted by Gasteiger charge is 2.33. The highest BCUT2D eigenvalue weighted by Crippen LogP contribution is 2.35. The average molecular weight is 540 g/mol. The fraction of sp³-hybridized carbons (Fsp3) is 0.269. The third kappa shape index (κ3) is 4.90. The number of benzene rings is 2. The summed E-state index contributed by atoms with van der Waals surface area (Å²) in [5.74, 6) is -0.400. The predicted octanol–water partition coefficient (Wildman–Crippen LogP) is 2.82.